The molecule has 3 N–H and O–H groups in total. The van der Waals surface area contributed by atoms with E-state index in [0.29, 0.717) is 5.57 Å². The van der Waals surface area contributed by atoms with E-state index in [2.05, 4.69) is 19.7 Å². The number of ether oxygens (including phenoxy) is 3. The molecule has 2 aliphatic carbocycles. The van der Waals surface area contributed by atoms with Crippen LogP contribution in [0.3, 0.4) is 0 Å². The van der Waals surface area contributed by atoms with Crippen LogP contribution in [0.25, 0.3) is 0 Å². The highest BCUT2D eigenvalue weighted by Crippen LogP contribution is 2.55. The summed E-state index contributed by atoms with van der Waals surface area (Å²) in [5, 5.41) is 32.6. The number of aliphatic hydroxyl groups excluding tert-OH is 2. The predicted molar refractivity (Wildman–Crippen MR) is 102 cm³/mol. The van der Waals surface area contributed by atoms with Crippen molar-refractivity contribution in [1.29, 1.82) is 0 Å². The van der Waals surface area contributed by atoms with E-state index in [1.165, 1.54) is 6.92 Å². The quantitative estimate of drug-likeness (QED) is 0.243. The first-order valence-electron chi connectivity index (χ1n) is 9.56. The van der Waals surface area contributed by atoms with E-state index < -0.39 is 72.3 Å². The monoisotopic (exact) mass is 422 g/mol. The zero-order chi connectivity index (χ0) is 22.5. The minimum absolute atomic E-state index is 0.0404. The first-order valence-corrected chi connectivity index (χ1v) is 9.56. The zero-order valence-corrected chi connectivity index (χ0v) is 16.9. The average molecular weight is 422 g/mol. The van der Waals surface area contributed by atoms with Gasteiger partial charge >= 0.3 is 17.9 Å². The van der Waals surface area contributed by atoms with Crippen LogP contribution in [-0.4, -0.2) is 69.9 Å². The standard InChI is InChI=1S/C21H26O9/c1-8(2)19(25)29-12-6-9(3)13-15(17-14(12)10(4)20(26)30-17)21(27,7-28-11(5)22)18(24)16(13)23/h12-18,23-24,27H,1,3-4,6-7H2,2,5H3/t12-,13-,14+,15-,16+,17-,18-,21-/m0/s1. The molecule has 9 heteroatoms. The highest BCUT2D eigenvalue weighted by atomic mass is 16.6. The van der Waals surface area contributed by atoms with Gasteiger partial charge in [0.2, 0.25) is 0 Å². The first kappa shape index (κ1) is 22.2. The molecule has 3 rings (SSSR count). The number of rotatable bonds is 4. The summed E-state index contributed by atoms with van der Waals surface area (Å²) in [5.41, 5.74) is -1.54. The van der Waals surface area contributed by atoms with Crippen molar-refractivity contribution in [2.24, 2.45) is 17.8 Å². The summed E-state index contributed by atoms with van der Waals surface area (Å²) < 4.78 is 15.9. The van der Waals surface area contributed by atoms with E-state index in [9.17, 15) is 29.7 Å². The summed E-state index contributed by atoms with van der Waals surface area (Å²) in [7, 11) is 0. The molecule has 164 valence electrons. The minimum Gasteiger partial charge on any atom is -0.463 e. The van der Waals surface area contributed by atoms with Gasteiger partial charge in [-0.05, 0) is 6.92 Å². The van der Waals surface area contributed by atoms with E-state index in [-0.39, 0.29) is 17.6 Å². The maximum atomic E-state index is 12.3. The second kappa shape index (κ2) is 7.64. The molecule has 0 spiro atoms. The third kappa shape index (κ3) is 3.36. The molecule has 1 aliphatic heterocycles. The van der Waals surface area contributed by atoms with Crippen LogP contribution in [0.2, 0.25) is 0 Å². The lowest BCUT2D eigenvalue weighted by Crippen LogP contribution is -2.54. The summed E-state index contributed by atoms with van der Waals surface area (Å²) in [6, 6.07) is 0. The number of hydrogen-bond acceptors (Lipinski definition) is 9. The van der Waals surface area contributed by atoms with Crippen molar-refractivity contribution in [2.75, 3.05) is 6.61 Å². The fourth-order valence-electron chi connectivity index (χ4n) is 4.81. The normalized spacial score (nSPS) is 40.2. The van der Waals surface area contributed by atoms with Gasteiger partial charge in [0.05, 0.1) is 12.0 Å². The van der Waals surface area contributed by atoms with Gasteiger partial charge in [0.1, 0.15) is 30.5 Å². The van der Waals surface area contributed by atoms with E-state index in [1.54, 1.807) is 0 Å². The number of fused-ring (bicyclic) bond motifs is 3. The molecule has 0 aromatic heterocycles. The van der Waals surface area contributed by atoms with Crippen LogP contribution in [-0.2, 0) is 28.6 Å². The van der Waals surface area contributed by atoms with E-state index in [1.807, 2.05) is 0 Å². The summed E-state index contributed by atoms with van der Waals surface area (Å²) in [6.45, 7) is 13.2. The van der Waals surface area contributed by atoms with Crippen molar-refractivity contribution < 1.29 is 43.9 Å². The van der Waals surface area contributed by atoms with Crippen LogP contribution in [0.15, 0.2) is 36.5 Å². The molecule has 3 aliphatic rings. The van der Waals surface area contributed by atoms with Gasteiger partial charge in [0, 0.05) is 36.3 Å². The molecule has 1 saturated heterocycles. The maximum absolute atomic E-state index is 12.3. The number of esters is 3. The molecule has 0 amide bonds. The summed E-state index contributed by atoms with van der Waals surface area (Å²) in [6.07, 6.45) is -5.11. The van der Waals surface area contributed by atoms with Crippen molar-refractivity contribution >= 4 is 17.9 Å². The molecule has 2 saturated carbocycles. The molecular formula is C21H26O9. The Labute approximate surface area is 173 Å². The van der Waals surface area contributed by atoms with Gasteiger partial charge in [-0.25, -0.2) is 9.59 Å². The molecular weight excluding hydrogens is 396 g/mol. The van der Waals surface area contributed by atoms with Gasteiger partial charge in [-0.1, -0.05) is 25.3 Å². The fraction of sp³-hybridized carbons (Fsp3) is 0.571. The second-order valence-corrected chi connectivity index (χ2v) is 8.27. The fourth-order valence-corrected chi connectivity index (χ4v) is 4.81. The highest BCUT2D eigenvalue weighted by Gasteiger charge is 2.68. The van der Waals surface area contributed by atoms with E-state index in [4.69, 9.17) is 14.2 Å². The molecule has 0 aromatic carbocycles. The van der Waals surface area contributed by atoms with Gasteiger partial charge in [-0.15, -0.1) is 0 Å². The van der Waals surface area contributed by atoms with Crippen LogP contribution < -0.4 is 0 Å². The number of hydrogen-bond donors (Lipinski definition) is 3. The Kier molecular flexibility index (Phi) is 5.66. The summed E-state index contributed by atoms with van der Waals surface area (Å²) in [4.78, 5) is 35.8. The Hall–Kier alpha value is -2.49. The minimum atomic E-state index is -2.13. The second-order valence-electron chi connectivity index (χ2n) is 8.27. The lowest BCUT2D eigenvalue weighted by Gasteiger charge is -2.37. The van der Waals surface area contributed by atoms with Crippen molar-refractivity contribution in [2.45, 2.75) is 50.3 Å². The van der Waals surface area contributed by atoms with Crippen molar-refractivity contribution in [3.05, 3.63) is 36.5 Å². The Morgan fingerprint density at radius 3 is 2.43 bits per heavy atom. The van der Waals surface area contributed by atoms with Crippen molar-refractivity contribution in [1.82, 2.24) is 0 Å². The smallest absolute Gasteiger partial charge is 0.334 e. The molecule has 8 atom stereocenters. The summed E-state index contributed by atoms with van der Waals surface area (Å²) in [5.74, 6) is -4.94. The van der Waals surface area contributed by atoms with E-state index >= 15 is 0 Å². The number of carbonyl (C=O) groups is 3. The van der Waals surface area contributed by atoms with Crippen molar-refractivity contribution in [3.8, 4) is 0 Å². The molecule has 30 heavy (non-hydrogen) atoms. The lowest BCUT2D eigenvalue weighted by atomic mass is 9.76. The molecule has 9 nitrogen and oxygen atoms in total. The lowest BCUT2D eigenvalue weighted by molar-refractivity contribution is -0.180. The molecule has 0 aromatic rings. The first-order chi connectivity index (χ1) is 13.9. The molecule has 0 bridgehead atoms. The Bertz CT molecular complexity index is 830. The maximum Gasteiger partial charge on any atom is 0.334 e. The molecule has 0 radical (unpaired) electrons. The van der Waals surface area contributed by atoms with Crippen LogP contribution >= 0.6 is 0 Å². The number of carbonyl (C=O) groups excluding carboxylic acids is 3. The molecule has 3 fully saturated rings. The van der Waals surface area contributed by atoms with Gasteiger partial charge in [0.15, 0.2) is 0 Å². The van der Waals surface area contributed by atoms with Crippen LogP contribution in [0.1, 0.15) is 20.3 Å². The average Bonchev–Trinajstić information content (AvgIpc) is 3.00. The SMILES string of the molecule is C=C(C)C(=O)O[C@H]1CC(=C)[C@@H]2[C@@H](O)[C@H](O)[C@](O)(COC(C)=O)[C@@H]2[C@H]2OC(=O)C(=C)[C@@H]21. The van der Waals surface area contributed by atoms with Crippen LogP contribution in [0.5, 0.6) is 0 Å². The Morgan fingerprint density at radius 2 is 1.87 bits per heavy atom. The zero-order valence-electron chi connectivity index (χ0n) is 16.9. The largest absolute Gasteiger partial charge is 0.463 e. The van der Waals surface area contributed by atoms with Gasteiger partial charge in [-0.2, -0.15) is 0 Å². The topological polar surface area (TPSA) is 140 Å². The Morgan fingerprint density at radius 1 is 1.23 bits per heavy atom. The van der Waals surface area contributed by atoms with E-state index in [0.717, 1.165) is 6.92 Å². The summed E-state index contributed by atoms with van der Waals surface area (Å²) >= 11 is 0. The third-order valence-corrected chi connectivity index (χ3v) is 6.23. The Balaban J connectivity index is 2.07. The van der Waals surface area contributed by atoms with Crippen LogP contribution in [0.4, 0.5) is 0 Å². The molecule has 1 heterocycles. The number of aliphatic hydroxyl groups is 3. The van der Waals surface area contributed by atoms with Gasteiger partial charge < -0.3 is 29.5 Å². The highest BCUT2D eigenvalue weighted by molar-refractivity contribution is 5.91. The third-order valence-electron chi connectivity index (χ3n) is 6.23. The van der Waals surface area contributed by atoms with Crippen LogP contribution in [0, 0.1) is 17.8 Å². The molecule has 0 unspecified atom stereocenters. The van der Waals surface area contributed by atoms with Crippen molar-refractivity contribution in [3.63, 3.8) is 0 Å². The predicted octanol–water partition coefficient (Wildman–Crippen LogP) is -0.206. The van der Waals surface area contributed by atoms with Gasteiger partial charge in [0.25, 0.3) is 0 Å². The van der Waals surface area contributed by atoms with Gasteiger partial charge in [-0.3, -0.25) is 4.79 Å².